The molecule has 4 heterocycles. The lowest BCUT2D eigenvalue weighted by Crippen LogP contribution is -2.28. The minimum atomic E-state index is 0.0528. The van der Waals surface area contributed by atoms with Crippen molar-refractivity contribution in [2.75, 3.05) is 19.6 Å². The third-order valence-corrected chi connectivity index (χ3v) is 5.63. The number of nitrogens with two attached hydrogens (primary N) is 1. The highest BCUT2D eigenvalue weighted by Gasteiger charge is 2.31. The van der Waals surface area contributed by atoms with Crippen LogP contribution in [0.1, 0.15) is 34.2 Å². The Morgan fingerprint density at radius 3 is 3.07 bits per heavy atom. The number of pyridine rings is 1. The summed E-state index contributed by atoms with van der Waals surface area (Å²) in [5, 5.41) is 6.81. The standard InChI is InChI=1S/C22H23N5O2/c1-14-11-17-12-15(4-5-19(17)29-14)22(28)26-9-6-16(13-26)20-18-3-2-8-24-21(18)27(25-20)10-7-23/h2-5,8,11-12,16H,6-7,9-10,13,23H2,1H3/t16-/m1/s1. The number of benzene rings is 1. The molecule has 0 radical (unpaired) electrons. The average Bonchev–Trinajstić information content (AvgIpc) is 3.43. The average molecular weight is 389 g/mol. The number of hydrogen-bond donors (Lipinski definition) is 1. The first-order valence-electron chi connectivity index (χ1n) is 9.95. The second-order valence-electron chi connectivity index (χ2n) is 7.62. The maximum Gasteiger partial charge on any atom is 0.253 e. The van der Waals surface area contributed by atoms with E-state index in [2.05, 4.69) is 11.1 Å². The third kappa shape index (κ3) is 3.07. The van der Waals surface area contributed by atoms with E-state index in [4.69, 9.17) is 15.2 Å². The van der Waals surface area contributed by atoms with Gasteiger partial charge in [0.1, 0.15) is 11.3 Å². The molecule has 1 fully saturated rings. The molecule has 1 aliphatic rings. The van der Waals surface area contributed by atoms with Gasteiger partial charge in [0.15, 0.2) is 5.65 Å². The summed E-state index contributed by atoms with van der Waals surface area (Å²) < 4.78 is 7.50. The maximum atomic E-state index is 13.1. The molecule has 3 aromatic heterocycles. The van der Waals surface area contributed by atoms with Gasteiger partial charge in [-0.15, -0.1) is 0 Å². The van der Waals surface area contributed by atoms with Gasteiger partial charge in [-0.1, -0.05) is 0 Å². The van der Waals surface area contributed by atoms with Crippen molar-refractivity contribution < 1.29 is 9.21 Å². The predicted molar refractivity (Wildman–Crippen MR) is 111 cm³/mol. The van der Waals surface area contributed by atoms with Crippen LogP contribution in [0.5, 0.6) is 0 Å². The van der Waals surface area contributed by atoms with Gasteiger partial charge in [0.05, 0.1) is 12.2 Å². The van der Waals surface area contributed by atoms with Crippen molar-refractivity contribution in [3.8, 4) is 0 Å². The summed E-state index contributed by atoms with van der Waals surface area (Å²) in [5.74, 6) is 1.10. The molecule has 1 aromatic carbocycles. The number of furan rings is 1. The Morgan fingerprint density at radius 1 is 1.31 bits per heavy atom. The zero-order valence-electron chi connectivity index (χ0n) is 16.3. The minimum absolute atomic E-state index is 0.0528. The zero-order chi connectivity index (χ0) is 20.0. The van der Waals surface area contributed by atoms with Gasteiger partial charge in [-0.2, -0.15) is 5.10 Å². The number of carbonyl (C=O) groups excluding carboxylic acids is 1. The van der Waals surface area contributed by atoms with Crippen LogP contribution in [0, 0.1) is 6.92 Å². The predicted octanol–water partition coefficient (Wildman–Crippen LogP) is 3.07. The van der Waals surface area contributed by atoms with Crippen molar-refractivity contribution in [1.29, 1.82) is 0 Å². The lowest BCUT2D eigenvalue weighted by molar-refractivity contribution is 0.0791. The van der Waals surface area contributed by atoms with Gasteiger partial charge >= 0.3 is 0 Å². The van der Waals surface area contributed by atoms with Gasteiger partial charge in [0.2, 0.25) is 0 Å². The van der Waals surface area contributed by atoms with Crippen LogP contribution in [0.15, 0.2) is 47.0 Å². The Balaban J connectivity index is 1.41. The van der Waals surface area contributed by atoms with E-state index >= 15 is 0 Å². The summed E-state index contributed by atoms with van der Waals surface area (Å²) in [5.41, 5.74) is 9.11. The largest absolute Gasteiger partial charge is 0.461 e. The molecule has 0 aliphatic carbocycles. The Kier molecular flexibility index (Phi) is 4.32. The molecular formula is C22H23N5O2. The Labute approximate surface area is 168 Å². The van der Waals surface area contributed by atoms with Gasteiger partial charge < -0.3 is 15.1 Å². The number of aryl methyl sites for hydroxylation is 1. The number of rotatable bonds is 4. The molecule has 2 N–H and O–H groups in total. The first kappa shape index (κ1) is 17.9. The molecule has 0 bridgehead atoms. The number of hydrogen-bond acceptors (Lipinski definition) is 5. The van der Waals surface area contributed by atoms with E-state index in [1.807, 2.05) is 46.8 Å². The van der Waals surface area contributed by atoms with E-state index in [9.17, 15) is 4.79 Å². The molecule has 148 valence electrons. The van der Waals surface area contributed by atoms with Crippen molar-refractivity contribution in [1.82, 2.24) is 19.7 Å². The molecular weight excluding hydrogens is 366 g/mol. The number of carbonyl (C=O) groups is 1. The van der Waals surface area contributed by atoms with E-state index in [0.717, 1.165) is 46.4 Å². The fourth-order valence-corrected chi connectivity index (χ4v) is 4.27. The molecule has 7 nitrogen and oxygen atoms in total. The summed E-state index contributed by atoms with van der Waals surface area (Å²) in [6.45, 7) is 4.43. The molecule has 29 heavy (non-hydrogen) atoms. The fourth-order valence-electron chi connectivity index (χ4n) is 4.27. The Hall–Kier alpha value is -3.19. The molecule has 7 heteroatoms. The first-order chi connectivity index (χ1) is 14.1. The van der Waals surface area contributed by atoms with Crippen molar-refractivity contribution in [2.45, 2.75) is 25.8 Å². The van der Waals surface area contributed by atoms with Crippen LogP contribution < -0.4 is 5.73 Å². The van der Waals surface area contributed by atoms with Gasteiger partial charge in [-0.25, -0.2) is 9.67 Å². The van der Waals surface area contributed by atoms with E-state index < -0.39 is 0 Å². The van der Waals surface area contributed by atoms with Crippen molar-refractivity contribution in [3.05, 3.63) is 59.6 Å². The lowest BCUT2D eigenvalue weighted by atomic mass is 10.0. The molecule has 1 saturated heterocycles. The van der Waals surface area contributed by atoms with Gasteiger partial charge in [-0.3, -0.25) is 4.79 Å². The summed E-state index contributed by atoms with van der Waals surface area (Å²) in [7, 11) is 0. The number of likely N-dealkylation sites (tertiary alicyclic amines) is 1. The fraction of sp³-hybridized carbons (Fsp3) is 0.318. The molecule has 1 amide bonds. The van der Waals surface area contributed by atoms with E-state index in [1.165, 1.54) is 0 Å². The molecule has 4 aromatic rings. The number of fused-ring (bicyclic) bond motifs is 2. The zero-order valence-corrected chi connectivity index (χ0v) is 16.3. The monoisotopic (exact) mass is 389 g/mol. The van der Waals surface area contributed by atoms with Gasteiger partial charge in [0.25, 0.3) is 5.91 Å². The topological polar surface area (TPSA) is 90.2 Å². The second-order valence-corrected chi connectivity index (χ2v) is 7.62. The van der Waals surface area contributed by atoms with E-state index in [0.29, 0.717) is 25.2 Å². The summed E-state index contributed by atoms with van der Waals surface area (Å²) in [6.07, 6.45) is 2.67. The van der Waals surface area contributed by atoms with Crippen LogP contribution in [0.4, 0.5) is 0 Å². The smallest absolute Gasteiger partial charge is 0.253 e. The molecule has 5 rings (SSSR count). The highest BCUT2D eigenvalue weighted by atomic mass is 16.3. The van der Waals surface area contributed by atoms with Crippen molar-refractivity contribution in [2.24, 2.45) is 5.73 Å². The van der Waals surface area contributed by atoms with Gasteiger partial charge in [-0.05, 0) is 49.7 Å². The van der Waals surface area contributed by atoms with Crippen LogP contribution >= 0.6 is 0 Å². The highest BCUT2D eigenvalue weighted by Crippen LogP contribution is 2.32. The van der Waals surface area contributed by atoms with Crippen LogP contribution in [0.2, 0.25) is 0 Å². The van der Waals surface area contributed by atoms with E-state index in [-0.39, 0.29) is 11.8 Å². The number of amides is 1. The lowest BCUT2D eigenvalue weighted by Gasteiger charge is -2.16. The van der Waals surface area contributed by atoms with Gasteiger partial charge in [0, 0.05) is 48.1 Å². The minimum Gasteiger partial charge on any atom is -0.461 e. The molecule has 0 spiro atoms. The quantitative estimate of drug-likeness (QED) is 0.579. The molecule has 0 unspecified atom stereocenters. The third-order valence-electron chi connectivity index (χ3n) is 5.63. The normalized spacial score (nSPS) is 16.9. The van der Waals surface area contributed by atoms with Crippen molar-refractivity contribution in [3.63, 3.8) is 0 Å². The van der Waals surface area contributed by atoms with Crippen LogP contribution in [0.25, 0.3) is 22.0 Å². The maximum absolute atomic E-state index is 13.1. The number of aromatic nitrogens is 3. The Morgan fingerprint density at radius 2 is 2.21 bits per heavy atom. The van der Waals surface area contributed by atoms with Crippen molar-refractivity contribution >= 4 is 27.9 Å². The Bertz CT molecular complexity index is 1210. The van der Waals surface area contributed by atoms with Crippen LogP contribution in [-0.4, -0.2) is 45.2 Å². The first-order valence-corrected chi connectivity index (χ1v) is 9.95. The summed E-state index contributed by atoms with van der Waals surface area (Å²) in [4.78, 5) is 19.5. The van der Waals surface area contributed by atoms with Crippen LogP contribution in [-0.2, 0) is 6.54 Å². The molecule has 1 aliphatic heterocycles. The molecule has 0 saturated carbocycles. The SMILES string of the molecule is Cc1cc2cc(C(=O)N3CC[C@@H](c4nn(CCN)c5ncccc45)C3)ccc2o1. The highest BCUT2D eigenvalue weighted by molar-refractivity contribution is 5.98. The number of nitrogens with zero attached hydrogens (tertiary/aromatic N) is 4. The second kappa shape index (κ2) is 7.00. The summed E-state index contributed by atoms with van der Waals surface area (Å²) >= 11 is 0. The van der Waals surface area contributed by atoms with E-state index in [1.54, 1.807) is 6.20 Å². The van der Waals surface area contributed by atoms with Crippen LogP contribution in [0.3, 0.4) is 0 Å². The molecule has 1 atom stereocenters. The summed E-state index contributed by atoms with van der Waals surface area (Å²) in [6, 6.07) is 11.6.